The molecule has 2 aliphatic rings. The van der Waals surface area contributed by atoms with E-state index in [4.69, 9.17) is 4.74 Å². The molecule has 2 atom stereocenters. The number of hydrogen-bond donors (Lipinski definition) is 2. The largest absolute Gasteiger partial charge is 0.384 e. The number of nitrogens with zero attached hydrogens (tertiary/aromatic N) is 6. The number of rotatable bonds is 8. The smallest absolute Gasteiger partial charge is 0.149 e. The number of anilines is 2. The number of hydrogen-bond acceptors (Lipinski definition) is 11. The van der Waals surface area contributed by atoms with Gasteiger partial charge in [0.15, 0.2) is 0 Å². The Hall–Kier alpha value is -2.70. The molecular weight excluding hydrogens is 478 g/mol. The number of aliphatic hydroxyl groups excluding tert-OH is 1. The van der Waals surface area contributed by atoms with Crippen molar-refractivity contribution < 1.29 is 14.6 Å². The molecule has 2 aliphatic heterocycles. The van der Waals surface area contributed by atoms with Gasteiger partial charge in [-0.05, 0) is 13.0 Å². The Morgan fingerprint density at radius 1 is 1.19 bits per heavy atom. The second-order valence-corrected chi connectivity index (χ2v) is 10.7. The number of aliphatic hydroxyl groups is 1. The fourth-order valence-electron chi connectivity index (χ4n) is 5.05. The minimum absolute atomic E-state index is 0.400. The highest BCUT2D eigenvalue weighted by Crippen LogP contribution is 2.41. The minimum atomic E-state index is -0.912. The average Bonchev–Trinajstić information content (AvgIpc) is 3.27. The second kappa shape index (κ2) is 10.7. The van der Waals surface area contributed by atoms with E-state index in [9.17, 15) is 9.90 Å². The van der Waals surface area contributed by atoms with E-state index in [-0.39, 0.29) is 0 Å². The lowest BCUT2D eigenvalue weighted by molar-refractivity contribution is -0.115. The van der Waals surface area contributed by atoms with E-state index >= 15 is 0 Å². The molecule has 0 aliphatic carbocycles. The van der Waals surface area contributed by atoms with Crippen molar-refractivity contribution in [2.24, 2.45) is 0 Å². The number of ether oxygens (including phenoxy) is 1. The first kappa shape index (κ1) is 25.0. The SMILES string of the molecule is CNc1ccc([C@@]2(C)CN(c3c(CN4CCN(CC(O)C=O)CC4)sc4cncnc34)CCO2)cn1. The number of aldehydes is 1. The average molecular weight is 512 g/mol. The highest BCUT2D eigenvalue weighted by atomic mass is 32.1. The third kappa shape index (κ3) is 5.21. The molecule has 0 radical (unpaired) electrons. The number of β-amino-alcohol motifs (C(OH)–C–C–N with tert-alkyl or cyclic N) is 1. The van der Waals surface area contributed by atoms with Crippen LogP contribution in [0.2, 0.25) is 0 Å². The van der Waals surface area contributed by atoms with Crippen LogP contribution in [0.25, 0.3) is 10.2 Å². The van der Waals surface area contributed by atoms with Crippen molar-refractivity contribution in [1.82, 2.24) is 24.8 Å². The molecule has 0 saturated carbocycles. The van der Waals surface area contributed by atoms with Crippen molar-refractivity contribution in [3.8, 4) is 0 Å². The summed E-state index contributed by atoms with van der Waals surface area (Å²) in [5.74, 6) is 0.832. The molecule has 0 amide bonds. The van der Waals surface area contributed by atoms with Gasteiger partial charge in [0.2, 0.25) is 0 Å². The number of morpholine rings is 1. The summed E-state index contributed by atoms with van der Waals surface area (Å²) in [6, 6.07) is 4.06. The van der Waals surface area contributed by atoms with Crippen molar-refractivity contribution in [2.45, 2.75) is 25.2 Å². The van der Waals surface area contributed by atoms with Crippen LogP contribution >= 0.6 is 11.3 Å². The number of thiophene rings is 1. The molecule has 2 N–H and O–H groups in total. The number of fused-ring (bicyclic) bond motifs is 1. The van der Waals surface area contributed by atoms with Gasteiger partial charge in [0.05, 0.1) is 23.5 Å². The lowest BCUT2D eigenvalue weighted by Gasteiger charge is -2.42. The molecule has 192 valence electrons. The van der Waals surface area contributed by atoms with Gasteiger partial charge < -0.3 is 24.9 Å². The maximum atomic E-state index is 10.8. The summed E-state index contributed by atoms with van der Waals surface area (Å²) in [7, 11) is 1.86. The first-order valence-electron chi connectivity index (χ1n) is 12.3. The van der Waals surface area contributed by atoms with E-state index in [0.717, 1.165) is 60.9 Å². The monoisotopic (exact) mass is 511 g/mol. The molecule has 3 aromatic heterocycles. The van der Waals surface area contributed by atoms with Gasteiger partial charge in [-0.2, -0.15) is 0 Å². The van der Waals surface area contributed by atoms with Crippen LogP contribution in [0.3, 0.4) is 0 Å². The molecular formula is C25H33N7O3S. The molecule has 11 heteroatoms. The molecule has 10 nitrogen and oxygen atoms in total. The lowest BCUT2D eigenvalue weighted by atomic mass is 9.95. The fourth-order valence-corrected chi connectivity index (χ4v) is 6.24. The molecule has 5 rings (SSSR count). The number of aromatic nitrogens is 3. The third-order valence-corrected chi connectivity index (χ3v) is 8.14. The summed E-state index contributed by atoms with van der Waals surface area (Å²) >= 11 is 1.76. The summed E-state index contributed by atoms with van der Waals surface area (Å²) < 4.78 is 7.40. The zero-order chi connectivity index (χ0) is 25.1. The standard InChI is InChI=1S/C25H33N7O3S/c1-25(18-3-4-22(26-2)28-11-18)16-32(9-10-35-25)24-21(36-20-12-27-17-29-23(20)24)14-31-7-5-30(6-8-31)13-19(34)15-33/h3-4,11-12,15,17,19,34H,5-10,13-14,16H2,1-2H3,(H,26,28)/t19?,25-/m1/s1. The van der Waals surface area contributed by atoms with Gasteiger partial charge in [0.1, 0.15) is 35.7 Å². The molecule has 1 unspecified atom stereocenters. The topological polar surface area (TPSA) is 107 Å². The molecule has 3 aromatic rings. The normalized spacial score (nSPS) is 22.6. The van der Waals surface area contributed by atoms with Crippen LogP contribution in [0.4, 0.5) is 11.5 Å². The van der Waals surface area contributed by atoms with Crippen LogP contribution in [-0.4, -0.2) is 102 Å². The fraction of sp³-hybridized carbons (Fsp3) is 0.520. The first-order valence-corrected chi connectivity index (χ1v) is 13.1. The van der Waals surface area contributed by atoms with E-state index in [1.165, 1.54) is 10.6 Å². The molecule has 2 fully saturated rings. The molecule has 0 aromatic carbocycles. The molecule has 2 saturated heterocycles. The Morgan fingerprint density at radius 2 is 2.00 bits per heavy atom. The Kier molecular flexibility index (Phi) is 7.44. The zero-order valence-electron chi connectivity index (χ0n) is 20.8. The molecule has 5 heterocycles. The number of nitrogens with one attached hydrogen (secondary N) is 1. The molecule has 0 spiro atoms. The number of piperazine rings is 1. The highest BCUT2D eigenvalue weighted by Gasteiger charge is 2.36. The summed E-state index contributed by atoms with van der Waals surface area (Å²) in [6.07, 6.45) is 5.12. The number of carbonyl (C=O) groups is 1. The number of carbonyl (C=O) groups excluding carboxylic acids is 1. The van der Waals surface area contributed by atoms with Crippen molar-refractivity contribution >= 4 is 39.3 Å². The van der Waals surface area contributed by atoms with Crippen molar-refractivity contribution in [1.29, 1.82) is 0 Å². The van der Waals surface area contributed by atoms with Crippen molar-refractivity contribution in [2.75, 3.05) is 69.7 Å². The van der Waals surface area contributed by atoms with Gasteiger partial charge >= 0.3 is 0 Å². The maximum Gasteiger partial charge on any atom is 0.149 e. The quantitative estimate of drug-likeness (QED) is 0.433. The number of pyridine rings is 1. The van der Waals surface area contributed by atoms with E-state index in [1.54, 1.807) is 17.7 Å². The van der Waals surface area contributed by atoms with Gasteiger partial charge in [-0.15, -0.1) is 11.3 Å². The van der Waals surface area contributed by atoms with Crippen LogP contribution < -0.4 is 10.2 Å². The van der Waals surface area contributed by atoms with Crippen LogP contribution in [-0.2, 0) is 21.7 Å². The lowest BCUT2D eigenvalue weighted by Crippen LogP contribution is -2.49. The third-order valence-electron chi connectivity index (χ3n) is 7.06. The van der Waals surface area contributed by atoms with Gasteiger partial charge in [-0.25, -0.2) is 15.0 Å². The van der Waals surface area contributed by atoms with E-state index < -0.39 is 11.7 Å². The first-order chi connectivity index (χ1) is 17.5. The Balaban J connectivity index is 1.37. The van der Waals surface area contributed by atoms with Crippen molar-refractivity contribution in [3.63, 3.8) is 0 Å². The van der Waals surface area contributed by atoms with Gasteiger partial charge in [0, 0.05) is 75.7 Å². The van der Waals surface area contributed by atoms with Crippen LogP contribution in [0.15, 0.2) is 30.9 Å². The molecule has 36 heavy (non-hydrogen) atoms. The Morgan fingerprint density at radius 3 is 2.72 bits per heavy atom. The summed E-state index contributed by atoms with van der Waals surface area (Å²) in [5, 5.41) is 12.7. The van der Waals surface area contributed by atoms with Crippen LogP contribution in [0.1, 0.15) is 17.4 Å². The predicted octanol–water partition coefficient (Wildman–Crippen LogP) is 1.56. The van der Waals surface area contributed by atoms with Crippen LogP contribution in [0, 0.1) is 0 Å². The maximum absolute atomic E-state index is 10.8. The molecule has 0 bridgehead atoms. The second-order valence-electron chi connectivity index (χ2n) is 9.57. The summed E-state index contributed by atoms with van der Waals surface area (Å²) in [4.78, 5) is 32.5. The zero-order valence-corrected chi connectivity index (χ0v) is 21.6. The van der Waals surface area contributed by atoms with Gasteiger partial charge in [0.25, 0.3) is 0 Å². The Labute approximate surface area is 214 Å². The van der Waals surface area contributed by atoms with Gasteiger partial charge in [-0.1, -0.05) is 6.07 Å². The van der Waals surface area contributed by atoms with E-state index in [1.807, 2.05) is 25.5 Å². The highest BCUT2D eigenvalue weighted by molar-refractivity contribution is 7.19. The van der Waals surface area contributed by atoms with E-state index in [0.29, 0.717) is 26.0 Å². The van der Waals surface area contributed by atoms with Crippen molar-refractivity contribution in [3.05, 3.63) is 41.3 Å². The summed E-state index contributed by atoms with van der Waals surface area (Å²) in [6.45, 7) is 8.89. The Bertz CT molecular complexity index is 1180. The predicted molar refractivity (Wildman–Crippen MR) is 141 cm³/mol. The minimum Gasteiger partial charge on any atom is -0.384 e. The summed E-state index contributed by atoms with van der Waals surface area (Å²) in [5.41, 5.74) is 2.73. The van der Waals surface area contributed by atoms with E-state index in [2.05, 4.69) is 48.0 Å². The van der Waals surface area contributed by atoms with Gasteiger partial charge in [-0.3, -0.25) is 9.80 Å². The van der Waals surface area contributed by atoms with Crippen LogP contribution in [0.5, 0.6) is 0 Å².